The fourth-order valence-corrected chi connectivity index (χ4v) is 2.58. The average molecular weight is 330 g/mol. The number of nitrogens with one attached hydrogen (secondary N) is 2. The SMILES string of the molecule is COc1ccc(NC(=O)CCc2nc3ccccc3[nH]2)cc1Cl. The maximum Gasteiger partial charge on any atom is 0.224 e. The van der Waals surface area contributed by atoms with E-state index < -0.39 is 0 Å². The molecule has 0 bridgehead atoms. The van der Waals surface area contributed by atoms with Gasteiger partial charge in [-0.3, -0.25) is 4.79 Å². The van der Waals surface area contributed by atoms with Gasteiger partial charge in [0.1, 0.15) is 11.6 Å². The third-order valence-corrected chi connectivity index (χ3v) is 3.76. The van der Waals surface area contributed by atoms with Crippen LogP contribution in [0.2, 0.25) is 5.02 Å². The lowest BCUT2D eigenvalue weighted by Gasteiger charge is -2.07. The van der Waals surface area contributed by atoms with Crippen molar-refractivity contribution in [3.63, 3.8) is 0 Å². The number of para-hydroxylation sites is 2. The van der Waals surface area contributed by atoms with Crippen LogP contribution in [0.5, 0.6) is 5.75 Å². The molecule has 1 aromatic heterocycles. The topological polar surface area (TPSA) is 67.0 Å². The number of methoxy groups -OCH3 is 1. The zero-order chi connectivity index (χ0) is 16.2. The summed E-state index contributed by atoms with van der Waals surface area (Å²) in [4.78, 5) is 19.7. The summed E-state index contributed by atoms with van der Waals surface area (Å²) in [5, 5.41) is 3.28. The molecule has 2 aromatic carbocycles. The monoisotopic (exact) mass is 329 g/mol. The molecule has 0 saturated heterocycles. The molecule has 0 fully saturated rings. The van der Waals surface area contributed by atoms with Crippen molar-refractivity contribution >= 4 is 34.2 Å². The van der Waals surface area contributed by atoms with E-state index in [4.69, 9.17) is 16.3 Å². The molecule has 0 unspecified atom stereocenters. The van der Waals surface area contributed by atoms with Crippen LogP contribution >= 0.6 is 11.6 Å². The Kier molecular flexibility index (Phi) is 4.48. The highest BCUT2D eigenvalue weighted by atomic mass is 35.5. The Bertz CT molecular complexity index is 812. The van der Waals surface area contributed by atoms with Crippen molar-refractivity contribution in [3.8, 4) is 5.75 Å². The molecule has 0 radical (unpaired) electrons. The van der Waals surface area contributed by atoms with Gasteiger partial charge in [-0.15, -0.1) is 0 Å². The number of imidazole rings is 1. The predicted molar refractivity (Wildman–Crippen MR) is 91.0 cm³/mol. The van der Waals surface area contributed by atoms with Crippen molar-refractivity contribution in [2.75, 3.05) is 12.4 Å². The van der Waals surface area contributed by atoms with E-state index in [2.05, 4.69) is 15.3 Å². The molecule has 5 nitrogen and oxygen atoms in total. The Balaban J connectivity index is 1.60. The average Bonchev–Trinajstić information content (AvgIpc) is 2.96. The van der Waals surface area contributed by atoms with Crippen LogP contribution in [0.25, 0.3) is 11.0 Å². The molecule has 23 heavy (non-hydrogen) atoms. The summed E-state index contributed by atoms with van der Waals surface area (Å²) in [6, 6.07) is 12.9. The Morgan fingerprint density at radius 2 is 2.13 bits per heavy atom. The number of carbonyl (C=O) groups is 1. The zero-order valence-corrected chi connectivity index (χ0v) is 13.4. The van der Waals surface area contributed by atoms with Gasteiger partial charge >= 0.3 is 0 Å². The first-order valence-electron chi connectivity index (χ1n) is 7.23. The van der Waals surface area contributed by atoms with E-state index in [0.29, 0.717) is 29.3 Å². The maximum absolute atomic E-state index is 12.0. The normalized spacial score (nSPS) is 10.7. The van der Waals surface area contributed by atoms with E-state index in [9.17, 15) is 4.79 Å². The largest absolute Gasteiger partial charge is 0.495 e. The smallest absolute Gasteiger partial charge is 0.224 e. The van der Waals surface area contributed by atoms with Crippen LogP contribution in [0.15, 0.2) is 42.5 Å². The van der Waals surface area contributed by atoms with Crippen LogP contribution in [0.4, 0.5) is 5.69 Å². The van der Waals surface area contributed by atoms with Gasteiger partial charge in [-0.2, -0.15) is 0 Å². The third-order valence-electron chi connectivity index (χ3n) is 3.46. The van der Waals surface area contributed by atoms with E-state index in [1.807, 2.05) is 24.3 Å². The fourth-order valence-electron chi connectivity index (χ4n) is 2.32. The van der Waals surface area contributed by atoms with Crippen molar-refractivity contribution in [1.82, 2.24) is 9.97 Å². The van der Waals surface area contributed by atoms with Crippen LogP contribution < -0.4 is 10.1 Å². The molecule has 0 aliphatic carbocycles. The Morgan fingerprint density at radius 3 is 2.87 bits per heavy atom. The number of hydrogen-bond acceptors (Lipinski definition) is 3. The predicted octanol–water partition coefficient (Wildman–Crippen LogP) is 3.80. The quantitative estimate of drug-likeness (QED) is 0.748. The van der Waals surface area contributed by atoms with Gasteiger partial charge in [-0.05, 0) is 30.3 Å². The molecule has 3 rings (SSSR count). The number of rotatable bonds is 5. The van der Waals surface area contributed by atoms with Crippen molar-refractivity contribution < 1.29 is 9.53 Å². The van der Waals surface area contributed by atoms with Gasteiger partial charge in [0.25, 0.3) is 0 Å². The first-order valence-corrected chi connectivity index (χ1v) is 7.60. The minimum Gasteiger partial charge on any atom is -0.495 e. The van der Waals surface area contributed by atoms with E-state index in [1.165, 1.54) is 0 Å². The maximum atomic E-state index is 12.0. The molecule has 118 valence electrons. The summed E-state index contributed by atoms with van der Waals surface area (Å²) in [5.74, 6) is 1.28. The highest BCUT2D eigenvalue weighted by Gasteiger charge is 2.08. The number of nitrogens with zero attached hydrogens (tertiary/aromatic N) is 1. The van der Waals surface area contributed by atoms with Crippen LogP contribution in [0, 0.1) is 0 Å². The van der Waals surface area contributed by atoms with Gasteiger partial charge in [0.15, 0.2) is 0 Å². The van der Waals surface area contributed by atoms with E-state index in [0.717, 1.165) is 16.9 Å². The van der Waals surface area contributed by atoms with Gasteiger partial charge in [0.2, 0.25) is 5.91 Å². The molecule has 1 heterocycles. The number of halogens is 1. The fraction of sp³-hybridized carbons (Fsp3) is 0.176. The molecule has 0 atom stereocenters. The number of aryl methyl sites for hydroxylation is 1. The number of benzene rings is 2. The van der Waals surface area contributed by atoms with Gasteiger partial charge in [-0.25, -0.2) is 4.98 Å². The second-order valence-electron chi connectivity index (χ2n) is 5.10. The molecule has 1 amide bonds. The second kappa shape index (κ2) is 6.71. The number of aromatic amines is 1. The van der Waals surface area contributed by atoms with Crippen molar-refractivity contribution in [3.05, 3.63) is 53.3 Å². The third kappa shape index (κ3) is 3.63. The standard InChI is InChI=1S/C17H16ClN3O2/c1-23-15-7-6-11(10-12(15)18)19-17(22)9-8-16-20-13-4-2-3-5-14(13)21-16/h2-7,10H,8-9H2,1H3,(H,19,22)(H,20,21). The number of hydrogen-bond donors (Lipinski definition) is 2. The van der Waals surface area contributed by atoms with Crippen LogP contribution in [0.3, 0.4) is 0 Å². The van der Waals surface area contributed by atoms with Crippen LogP contribution in [-0.2, 0) is 11.2 Å². The molecular formula is C17H16ClN3O2. The lowest BCUT2D eigenvalue weighted by molar-refractivity contribution is -0.116. The highest BCUT2D eigenvalue weighted by Crippen LogP contribution is 2.27. The molecular weight excluding hydrogens is 314 g/mol. The molecule has 0 spiro atoms. The highest BCUT2D eigenvalue weighted by molar-refractivity contribution is 6.32. The van der Waals surface area contributed by atoms with Gasteiger partial charge < -0.3 is 15.0 Å². The summed E-state index contributed by atoms with van der Waals surface area (Å²) in [7, 11) is 1.55. The Morgan fingerprint density at radius 1 is 1.30 bits per heavy atom. The van der Waals surface area contributed by atoms with Crippen LogP contribution in [-0.4, -0.2) is 23.0 Å². The molecule has 0 aliphatic heterocycles. The van der Waals surface area contributed by atoms with E-state index in [-0.39, 0.29) is 5.91 Å². The first kappa shape index (κ1) is 15.4. The number of aromatic nitrogens is 2. The number of fused-ring (bicyclic) bond motifs is 1. The lowest BCUT2D eigenvalue weighted by Crippen LogP contribution is -2.12. The summed E-state index contributed by atoms with van der Waals surface area (Å²) in [6.45, 7) is 0. The molecule has 6 heteroatoms. The number of anilines is 1. The number of carbonyl (C=O) groups excluding carboxylic acids is 1. The zero-order valence-electron chi connectivity index (χ0n) is 12.6. The molecule has 0 saturated carbocycles. The summed E-state index contributed by atoms with van der Waals surface area (Å²) in [5.41, 5.74) is 2.53. The molecule has 3 aromatic rings. The van der Waals surface area contributed by atoms with Gasteiger partial charge in [0.05, 0.1) is 23.2 Å². The van der Waals surface area contributed by atoms with Crippen molar-refractivity contribution in [2.24, 2.45) is 0 Å². The lowest BCUT2D eigenvalue weighted by atomic mass is 10.2. The minimum atomic E-state index is -0.0910. The molecule has 2 N–H and O–H groups in total. The second-order valence-corrected chi connectivity index (χ2v) is 5.51. The van der Waals surface area contributed by atoms with Gasteiger partial charge in [0, 0.05) is 18.5 Å². The minimum absolute atomic E-state index is 0.0910. The Hall–Kier alpha value is -2.53. The Labute approximate surface area is 138 Å². The van der Waals surface area contributed by atoms with E-state index in [1.54, 1.807) is 25.3 Å². The van der Waals surface area contributed by atoms with Gasteiger partial charge in [-0.1, -0.05) is 23.7 Å². The number of ether oxygens (including phenoxy) is 1. The number of H-pyrrole nitrogens is 1. The summed E-state index contributed by atoms with van der Waals surface area (Å²) in [6.07, 6.45) is 0.883. The van der Waals surface area contributed by atoms with E-state index >= 15 is 0 Å². The number of amides is 1. The molecule has 0 aliphatic rings. The van der Waals surface area contributed by atoms with Crippen molar-refractivity contribution in [2.45, 2.75) is 12.8 Å². The van der Waals surface area contributed by atoms with Crippen LogP contribution in [0.1, 0.15) is 12.2 Å². The van der Waals surface area contributed by atoms with Crippen molar-refractivity contribution in [1.29, 1.82) is 0 Å². The summed E-state index contributed by atoms with van der Waals surface area (Å²) >= 11 is 6.04. The summed E-state index contributed by atoms with van der Waals surface area (Å²) < 4.78 is 5.08. The first-order chi connectivity index (χ1) is 11.2.